The average Bonchev–Trinajstić information content (AvgIpc) is 2.32. The Balaban J connectivity index is 2.44. The van der Waals surface area contributed by atoms with Gasteiger partial charge in [-0.3, -0.25) is 15.0 Å². The summed E-state index contributed by atoms with van der Waals surface area (Å²) in [4.78, 5) is 11.0. The molecule has 0 fully saturated rings. The highest BCUT2D eigenvalue weighted by molar-refractivity contribution is 5.45. The molecule has 2 heterocycles. The molecule has 0 aromatic carbocycles. The lowest BCUT2D eigenvalue weighted by molar-refractivity contribution is 0.677. The molecule has 4 heteroatoms. The van der Waals surface area contributed by atoms with Crippen molar-refractivity contribution in [3.63, 3.8) is 0 Å². The van der Waals surface area contributed by atoms with Crippen LogP contribution in [0.5, 0.6) is 0 Å². The average molecular weight is 153 g/mol. The molecule has 0 aliphatic carbocycles. The van der Waals surface area contributed by atoms with Gasteiger partial charge in [-0.2, -0.15) is 0 Å². The number of rotatable bonds is 0. The highest BCUT2D eigenvalue weighted by atomic mass is 16.1. The minimum absolute atomic E-state index is 0.0133. The first-order valence-electron chi connectivity index (χ1n) is 3.83. The number of aromatic nitrogens is 2. The van der Waals surface area contributed by atoms with E-state index in [0.717, 1.165) is 24.2 Å². The van der Waals surface area contributed by atoms with E-state index in [0.29, 0.717) is 6.04 Å². The van der Waals surface area contributed by atoms with E-state index >= 15 is 0 Å². The van der Waals surface area contributed by atoms with Crippen molar-refractivity contribution in [3.05, 3.63) is 15.9 Å². The fraction of sp³-hybridized carbons (Fsp3) is 0.571. The van der Waals surface area contributed by atoms with Gasteiger partial charge in [0.2, 0.25) is 0 Å². The lowest BCUT2D eigenvalue weighted by Crippen LogP contribution is -2.23. The topological polar surface area (TPSA) is 60.7 Å². The van der Waals surface area contributed by atoms with Crippen molar-refractivity contribution in [2.75, 3.05) is 5.32 Å². The summed E-state index contributed by atoms with van der Waals surface area (Å²) < 4.78 is 0. The van der Waals surface area contributed by atoms with E-state index in [2.05, 4.69) is 22.4 Å². The van der Waals surface area contributed by atoms with Crippen molar-refractivity contribution in [2.24, 2.45) is 0 Å². The monoisotopic (exact) mass is 153 g/mol. The van der Waals surface area contributed by atoms with Crippen LogP contribution in [0.2, 0.25) is 0 Å². The first-order valence-corrected chi connectivity index (χ1v) is 3.83. The standard InChI is InChI=1S/C7H11N3O/c1-4-2-3-5-6(8-4)9-10-7(5)11/h4H,2-3H2,1H3,(H3,8,9,10,11)/t4-/m1/s1. The molecule has 4 nitrogen and oxygen atoms in total. The maximum Gasteiger partial charge on any atom is 0.269 e. The molecule has 0 unspecified atom stereocenters. The molecule has 1 aromatic heterocycles. The van der Waals surface area contributed by atoms with Crippen molar-refractivity contribution in [3.8, 4) is 0 Å². The third-order valence-electron chi connectivity index (χ3n) is 2.09. The van der Waals surface area contributed by atoms with Crippen molar-refractivity contribution < 1.29 is 0 Å². The fourth-order valence-electron chi connectivity index (χ4n) is 1.42. The van der Waals surface area contributed by atoms with E-state index in [1.807, 2.05) is 0 Å². The summed E-state index contributed by atoms with van der Waals surface area (Å²) >= 11 is 0. The number of aromatic amines is 2. The molecule has 11 heavy (non-hydrogen) atoms. The molecule has 0 bridgehead atoms. The Bertz CT molecular complexity index is 312. The molecule has 0 saturated carbocycles. The van der Waals surface area contributed by atoms with Crippen LogP contribution in [0.15, 0.2) is 4.79 Å². The zero-order chi connectivity index (χ0) is 7.84. The second-order valence-corrected chi connectivity index (χ2v) is 3.02. The van der Waals surface area contributed by atoms with Crippen LogP contribution in [-0.2, 0) is 6.42 Å². The van der Waals surface area contributed by atoms with Crippen molar-refractivity contribution >= 4 is 5.82 Å². The van der Waals surface area contributed by atoms with Gasteiger partial charge in [-0.25, -0.2) is 0 Å². The third kappa shape index (κ3) is 0.943. The van der Waals surface area contributed by atoms with E-state index in [4.69, 9.17) is 0 Å². The van der Waals surface area contributed by atoms with E-state index in [1.165, 1.54) is 0 Å². The Morgan fingerprint density at radius 2 is 2.27 bits per heavy atom. The lowest BCUT2D eigenvalue weighted by Gasteiger charge is -2.19. The molecular weight excluding hydrogens is 142 g/mol. The summed E-state index contributed by atoms with van der Waals surface area (Å²) in [5, 5.41) is 8.56. The summed E-state index contributed by atoms with van der Waals surface area (Å²) in [5.41, 5.74) is 0.877. The summed E-state index contributed by atoms with van der Waals surface area (Å²) in [7, 11) is 0. The summed E-state index contributed by atoms with van der Waals surface area (Å²) in [6.07, 6.45) is 1.91. The first-order chi connectivity index (χ1) is 5.27. The van der Waals surface area contributed by atoms with Gasteiger partial charge in [0, 0.05) is 6.04 Å². The minimum atomic E-state index is 0.0133. The molecule has 1 atom stereocenters. The maximum absolute atomic E-state index is 11.0. The Labute approximate surface area is 64.0 Å². The molecule has 0 spiro atoms. The molecule has 1 aliphatic rings. The van der Waals surface area contributed by atoms with Gasteiger partial charge in [0.1, 0.15) is 5.82 Å². The summed E-state index contributed by atoms with van der Waals surface area (Å²) in [6, 6.07) is 0.467. The van der Waals surface area contributed by atoms with Gasteiger partial charge in [0.15, 0.2) is 0 Å². The summed E-state index contributed by atoms with van der Waals surface area (Å²) in [5.74, 6) is 0.869. The quantitative estimate of drug-likeness (QED) is 0.506. The van der Waals surface area contributed by atoms with Crippen molar-refractivity contribution in [2.45, 2.75) is 25.8 Å². The zero-order valence-corrected chi connectivity index (χ0v) is 6.40. The molecule has 3 N–H and O–H groups in total. The van der Waals surface area contributed by atoms with E-state index in [1.54, 1.807) is 0 Å². The van der Waals surface area contributed by atoms with Crippen LogP contribution in [0.4, 0.5) is 5.82 Å². The predicted octanol–water partition coefficient (Wildman–Crippen LogP) is 0.450. The van der Waals surface area contributed by atoms with Crippen LogP contribution in [0.1, 0.15) is 18.9 Å². The van der Waals surface area contributed by atoms with Gasteiger partial charge in [-0.1, -0.05) is 0 Å². The molecular formula is C7H11N3O. The Morgan fingerprint density at radius 1 is 1.45 bits per heavy atom. The smallest absolute Gasteiger partial charge is 0.269 e. The number of hydrogen-bond donors (Lipinski definition) is 3. The zero-order valence-electron chi connectivity index (χ0n) is 6.40. The van der Waals surface area contributed by atoms with Gasteiger partial charge in [0.25, 0.3) is 5.56 Å². The normalized spacial score (nSPS) is 22.5. The Hall–Kier alpha value is -1.19. The van der Waals surface area contributed by atoms with Crippen LogP contribution in [-0.4, -0.2) is 16.2 Å². The largest absolute Gasteiger partial charge is 0.368 e. The molecule has 1 aliphatic heterocycles. The maximum atomic E-state index is 11.0. The molecule has 0 saturated heterocycles. The molecule has 2 rings (SSSR count). The molecule has 0 amide bonds. The molecule has 60 valence electrons. The van der Waals surface area contributed by atoms with Gasteiger partial charge >= 0.3 is 0 Å². The first kappa shape index (κ1) is 6.52. The van der Waals surface area contributed by atoms with Crippen molar-refractivity contribution in [1.82, 2.24) is 10.2 Å². The van der Waals surface area contributed by atoms with Gasteiger partial charge < -0.3 is 5.32 Å². The second kappa shape index (κ2) is 2.15. The predicted molar refractivity (Wildman–Crippen MR) is 42.8 cm³/mol. The number of fused-ring (bicyclic) bond motifs is 1. The summed E-state index contributed by atoms with van der Waals surface area (Å²) in [6.45, 7) is 2.11. The van der Waals surface area contributed by atoms with Crippen LogP contribution < -0.4 is 10.9 Å². The van der Waals surface area contributed by atoms with E-state index < -0.39 is 0 Å². The molecule has 0 radical (unpaired) electrons. The Kier molecular flexibility index (Phi) is 1.27. The van der Waals surface area contributed by atoms with E-state index in [-0.39, 0.29) is 5.56 Å². The highest BCUT2D eigenvalue weighted by Crippen LogP contribution is 2.17. The molecule has 1 aromatic rings. The lowest BCUT2D eigenvalue weighted by atomic mass is 10.0. The number of anilines is 1. The van der Waals surface area contributed by atoms with Gasteiger partial charge in [-0.05, 0) is 19.8 Å². The van der Waals surface area contributed by atoms with Crippen LogP contribution in [0.3, 0.4) is 0 Å². The van der Waals surface area contributed by atoms with E-state index in [9.17, 15) is 4.79 Å². The van der Waals surface area contributed by atoms with Gasteiger partial charge in [-0.15, -0.1) is 0 Å². The second-order valence-electron chi connectivity index (χ2n) is 3.02. The fourth-order valence-corrected chi connectivity index (χ4v) is 1.42. The third-order valence-corrected chi connectivity index (χ3v) is 2.09. The van der Waals surface area contributed by atoms with Crippen LogP contribution in [0, 0.1) is 0 Å². The van der Waals surface area contributed by atoms with Crippen LogP contribution in [0.25, 0.3) is 0 Å². The number of nitrogens with one attached hydrogen (secondary N) is 3. The van der Waals surface area contributed by atoms with Gasteiger partial charge in [0.05, 0.1) is 5.56 Å². The minimum Gasteiger partial charge on any atom is -0.368 e. The highest BCUT2D eigenvalue weighted by Gasteiger charge is 2.17. The number of hydrogen-bond acceptors (Lipinski definition) is 2. The van der Waals surface area contributed by atoms with Crippen molar-refractivity contribution in [1.29, 1.82) is 0 Å². The van der Waals surface area contributed by atoms with Crippen LogP contribution >= 0.6 is 0 Å². The number of H-pyrrole nitrogens is 2. The Morgan fingerprint density at radius 3 is 3.09 bits per heavy atom. The SMILES string of the molecule is C[C@@H]1CCc2c([nH][nH]c2=O)N1.